The summed E-state index contributed by atoms with van der Waals surface area (Å²) < 4.78 is 27.4. The van der Waals surface area contributed by atoms with Crippen molar-refractivity contribution in [1.82, 2.24) is 10.2 Å². The Kier molecular flexibility index (Phi) is 5.33. The first kappa shape index (κ1) is 16.4. The molecule has 0 radical (unpaired) electrons. The molecule has 1 aliphatic rings. The second-order valence-corrected chi connectivity index (χ2v) is 6.32. The third-order valence-corrected chi connectivity index (χ3v) is 5.06. The fourth-order valence-electron chi connectivity index (χ4n) is 3.76. The van der Waals surface area contributed by atoms with Gasteiger partial charge in [0.05, 0.1) is 0 Å². The van der Waals surface area contributed by atoms with Crippen LogP contribution in [0, 0.1) is 11.6 Å². The molecule has 0 aliphatic heterocycles. The van der Waals surface area contributed by atoms with Crippen LogP contribution in [0.4, 0.5) is 8.78 Å². The molecule has 0 saturated heterocycles. The van der Waals surface area contributed by atoms with Crippen molar-refractivity contribution in [2.24, 2.45) is 0 Å². The molecule has 2 nitrogen and oxygen atoms in total. The van der Waals surface area contributed by atoms with Crippen molar-refractivity contribution in [3.8, 4) is 0 Å². The highest BCUT2D eigenvalue weighted by atomic mass is 19.2. The number of rotatable bonds is 5. The third kappa shape index (κ3) is 3.27. The molecule has 1 aromatic rings. The van der Waals surface area contributed by atoms with Crippen molar-refractivity contribution in [2.45, 2.75) is 50.1 Å². The van der Waals surface area contributed by atoms with E-state index < -0.39 is 11.6 Å². The highest BCUT2D eigenvalue weighted by molar-refractivity contribution is 5.21. The monoisotopic (exact) mass is 296 g/mol. The van der Waals surface area contributed by atoms with Crippen LogP contribution in [0.5, 0.6) is 0 Å². The Morgan fingerprint density at radius 2 is 1.86 bits per heavy atom. The van der Waals surface area contributed by atoms with Gasteiger partial charge in [0.25, 0.3) is 0 Å². The molecule has 118 valence electrons. The van der Waals surface area contributed by atoms with Crippen molar-refractivity contribution in [2.75, 3.05) is 21.1 Å². The maximum atomic E-state index is 14.0. The number of benzene rings is 1. The second-order valence-electron chi connectivity index (χ2n) is 6.32. The lowest BCUT2D eigenvalue weighted by atomic mass is 9.73. The Bertz CT molecular complexity index is 468. The zero-order valence-corrected chi connectivity index (χ0v) is 13.3. The maximum absolute atomic E-state index is 14.0. The van der Waals surface area contributed by atoms with E-state index in [0.717, 1.165) is 12.8 Å². The number of hydrogen-bond acceptors (Lipinski definition) is 2. The minimum absolute atomic E-state index is 0.0196. The van der Waals surface area contributed by atoms with E-state index in [4.69, 9.17) is 0 Å². The Hall–Kier alpha value is -1.00. The van der Waals surface area contributed by atoms with Gasteiger partial charge in [-0.25, -0.2) is 8.78 Å². The molecule has 1 unspecified atom stereocenters. The zero-order valence-electron chi connectivity index (χ0n) is 13.3. The van der Waals surface area contributed by atoms with E-state index in [2.05, 4.69) is 24.3 Å². The Labute approximate surface area is 126 Å². The lowest BCUT2D eigenvalue weighted by Gasteiger charge is -2.48. The van der Waals surface area contributed by atoms with Gasteiger partial charge < -0.3 is 10.2 Å². The van der Waals surface area contributed by atoms with Gasteiger partial charge in [-0.1, -0.05) is 31.4 Å². The summed E-state index contributed by atoms with van der Waals surface area (Å²) in [4.78, 5) is 2.27. The molecule has 0 heterocycles. The molecule has 4 heteroatoms. The molecular weight excluding hydrogens is 270 g/mol. The topological polar surface area (TPSA) is 15.3 Å². The Morgan fingerprint density at radius 3 is 2.43 bits per heavy atom. The summed E-state index contributed by atoms with van der Waals surface area (Å²) in [5.74, 6) is -1.47. The molecule has 1 aromatic carbocycles. The Balaban J connectivity index is 2.27. The van der Waals surface area contributed by atoms with E-state index in [-0.39, 0.29) is 11.6 Å². The van der Waals surface area contributed by atoms with Crippen LogP contribution in [-0.4, -0.2) is 37.6 Å². The predicted molar refractivity (Wildman–Crippen MR) is 82.4 cm³/mol. The van der Waals surface area contributed by atoms with Crippen molar-refractivity contribution >= 4 is 0 Å². The van der Waals surface area contributed by atoms with E-state index in [1.165, 1.54) is 25.3 Å². The van der Waals surface area contributed by atoms with E-state index in [1.807, 2.05) is 7.05 Å². The molecule has 0 spiro atoms. The quantitative estimate of drug-likeness (QED) is 0.896. The number of halogens is 2. The normalized spacial score (nSPS) is 19.7. The molecule has 0 bridgehead atoms. The predicted octanol–water partition coefficient (Wildman–Crippen LogP) is 3.36. The summed E-state index contributed by atoms with van der Waals surface area (Å²) in [6, 6.07) is 4.57. The van der Waals surface area contributed by atoms with Gasteiger partial charge in [0.2, 0.25) is 0 Å². The largest absolute Gasteiger partial charge is 0.315 e. The lowest BCUT2D eigenvalue weighted by molar-refractivity contribution is 0.0595. The van der Waals surface area contributed by atoms with E-state index in [9.17, 15) is 8.78 Å². The molecule has 1 aliphatic carbocycles. The summed E-state index contributed by atoms with van der Waals surface area (Å²) in [6.07, 6.45) is 6.37. The molecule has 2 rings (SSSR count). The summed E-state index contributed by atoms with van der Waals surface area (Å²) in [7, 11) is 6.11. The summed E-state index contributed by atoms with van der Waals surface area (Å²) in [6.45, 7) is 0. The summed E-state index contributed by atoms with van der Waals surface area (Å²) in [5.41, 5.74) is 0.479. The van der Waals surface area contributed by atoms with Crippen LogP contribution >= 0.6 is 0 Å². The van der Waals surface area contributed by atoms with Gasteiger partial charge >= 0.3 is 0 Å². The van der Waals surface area contributed by atoms with Crippen LogP contribution < -0.4 is 5.32 Å². The highest BCUT2D eigenvalue weighted by Crippen LogP contribution is 2.36. The lowest BCUT2D eigenvalue weighted by Crippen LogP contribution is -2.60. The summed E-state index contributed by atoms with van der Waals surface area (Å²) >= 11 is 0. The number of hydrogen-bond donors (Lipinski definition) is 1. The molecule has 1 atom stereocenters. The van der Waals surface area contributed by atoms with Gasteiger partial charge in [0.1, 0.15) is 0 Å². The average molecular weight is 296 g/mol. The smallest absolute Gasteiger partial charge is 0.162 e. The first-order chi connectivity index (χ1) is 10.0. The molecular formula is C17H26F2N2. The van der Waals surface area contributed by atoms with Crippen LogP contribution in [0.2, 0.25) is 0 Å². The molecule has 0 aromatic heterocycles. The fraction of sp³-hybridized carbons (Fsp3) is 0.647. The maximum Gasteiger partial charge on any atom is 0.162 e. The SMILES string of the molecule is CNC(Cc1cccc(F)c1F)C1(N(C)C)CCCCC1. The van der Waals surface area contributed by atoms with Crippen LogP contribution in [0.15, 0.2) is 18.2 Å². The number of nitrogens with one attached hydrogen (secondary N) is 1. The van der Waals surface area contributed by atoms with E-state index >= 15 is 0 Å². The standard InChI is InChI=1S/C17H26F2N2/c1-20-15(12-13-8-7-9-14(18)16(13)19)17(21(2)3)10-5-4-6-11-17/h7-9,15,20H,4-6,10-12H2,1-3H3. The molecule has 1 N–H and O–H groups in total. The first-order valence-corrected chi connectivity index (χ1v) is 7.79. The van der Waals surface area contributed by atoms with Crippen molar-refractivity contribution in [3.05, 3.63) is 35.4 Å². The van der Waals surface area contributed by atoms with E-state index in [1.54, 1.807) is 12.1 Å². The fourth-order valence-corrected chi connectivity index (χ4v) is 3.76. The summed E-state index contributed by atoms with van der Waals surface area (Å²) in [5, 5.41) is 3.36. The van der Waals surface area contributed by atoms with Crippen LogP contribution in [0.3, 0.4) is 0 Å². The minimum atomic E-state index is -0.759. The van der Waals surface area contributed by atoms with Crippen LogP contribution in [0.1, 0.15) is 37.7 Å². The van der Waals surface area contributed by atoms with E-state index in [0.29, 0.717) is 12.0 Å². The van der Waals surface area contributed by atoms with Gasteiger partial charge in [-0.15, -0.1) is 0 Å². The zero-order chi connectivity index (χ0) is 15.5. The van der Waals surface area contributed by atoms with Crippen LogP contribution in [-0.2, 0) is 6.42 Å². The second kappa shape index (κ2) is 6.84. The van der Waals surface area contributed by atoms with Gasteiger partial charge in [0.15, 0.2) is 11.6 Å². The van der Waals surface area contributed by atoms with Gasteiger partial charge in [-0.2, -0.15) is 0 Å². The average Bonchev–Trinajstić information content (AvgIpc) is 2.49. The van der Waals surface area contributed by atoms with Crippen molar-refractivity contribution in [1.29, 1.82) is 0 Å². The van der Waals surface area contributed by atoms with Gasteiger partial charge in [-0.05, 0) is 52.0 Å². The molecule has 21 heavy (non-hydrogen) atoms. The van der Waals surface area contributed by atoms with Crippen molar-refractivity contribution < 1.29 is 8.78 Å². The minimum Gasteiger partial charge on any atom is -0.315 e. The van der Waals surface area contributed by atoms with Crippen LogP contribution in [0.25, 0.3) is 0 Å². The van der Waals surface area contributed by atoms with Gasteiger partial charge in [0, 0.05) is 11.6 Å². The highest BCUT2D eigenvalue weighted by Gasteiger charge is 2.41. The number of nitrogens with zero attached hydrogens (tertiary/aromatic N) is 1. The third-order valence-electron chi connectivity index (χ3n) is 5.06. The van der Waals surface area contributed by atoms with Crippen molar-refractivity contribution in [3.63, 3.8) is 0 Å². The number of likely N-dealkylation sites (N-methyl/N-ethyl adjacent to an activating group) is 2. The molecule has 1 fully saturated rings. The molecule has 1 saturated carbocycles. The molecule has 0 amide bonds. The first-order valence-electron chi connectivity index (χ1n) is 7.79. The Morgan fingerprint density at radius 1 is 1.19 bits per heavy atom. The van der Waals surface area contributed by atoms with Gasteiger partial charge in [-0.3, -0.25) is 0 Å².